The molecular weight excluding hydrogens is 519 g/mol. The van der Waals surface area contributed by atoms with E-state index in [0.717, 1.165) is 17.4 Å². The fourth-order valence-electron chi connectivity index (χ4n) is 4.72. The third-order valence-electron chi connectivity index (χ3n) is 6.89. The standard InChI is InChI=1S/C30H30F3N5O2/c1-37-16-2-3-28(37)29(40)36-23-10-8-21(9-11-23)34-20-4-6-22(7-5-20)35-24-12-13-27(26(19-24)30(31,32)33)38-17-14-25(39)15-18-38/h2-13,16,19,25,34-35,39H,14-15,17-18H2,1H3,(H,36,40). The van der Waals surface area contributed by atoms with E-state index in [1.54, 1.807) is 45.9 Å². The van der Waals surface area contributed by atoms with E-state index in [9.17, 15) is 23.1 Å². The lowest BCUT2D eigenvalue weighted by Gasteiger charge is -2.33. The minimum atomic E-state index is -4.50. The highest BCUT2D eigenvalue weighted by Crippen LogP contribution is 2.39. The zero-order chi connectivity index (χ0) is 28.3. The number of aliphatic hydroxyl groups excluding tert-OH is 1. The van der Waals surface area contributed by atoms with E-state index < -0.39 is 17.8 Å². The quantitative estimate of drug-likeness (QED) is 0.205. The monoisotopic (exact) mass is 549 g/mol. The second kappa shape index (κ2) is 11.4. The maximum Gasteiger partial charge on any atom is 0.418 e. The summed E-state index contributed by atoms with van der Waals surface area (Å²) in [6.07, 6.45) is -2.26. The van der Waals surface area contributed by atoms with Crippen LogP contribution >= 0.6 is 0 Å². The number of nitrogens with one attached hydrogen (secondary N) is 3. The van der Waals surface area contributed by atoms with Crippen molar-refractivity contribution in [3.05, 3.63) is 96.3 Å². The molecule has 40 heavy (non-hydrogen) atoms. The summed E-state index contributed by atoms with van der Waals surface area (Å²) in [6, 6.07) is 22.3. The van der Waals surface area contributed by atoms with Gasteiger partial charge in [-0.15, -0.1) is 0 Å². The first-order valence-electron chi connectivity index (χ1n) is 13.0. The van der Waals surface area contributed by atoms with E-state index >= 15 is 0 Å². The number of nitrogens with zero attached hydrogens (tertiary/aromatic N) is 2. The second-order valence-corrected chi connectivity index (χ2v) is 9.81. The molecule has 0 spiro atoms. The SMILES string of the molecule is Cn1cccc1C(=O)Nc1ccc(Nc2ccc(Nc3ccc(N4CCC(O)CC4)c(C(F)(F)F)c3)cc2)cc1. The molecule has 1 aliphatic heterocycles. The molecule has 2 heterocycles. The van der Waals surface area contributed by atoms with Gasteiger partial charge in [0.05, 0.1) is 11.7 Å². The number of carbonyl (C=O) groups excluding carboxylic acids is 1. The smallest absolute Gasteiger partial charge is 0.393 e. The Labute approximate surface area is 230 Å². The number of piperidine rings is 1. The summed E-state index contributed by atoms with van der Waals surface area (Å²) in [6.45, 7) is 0.771. The van der Waals surface area contributed by atoms with Crippen molar-refractivity contribution in [2.75, 3.05) is 33.9 Å². The Balaban J connectivity index is 1.22. The molecule has 4 N–H and O–H groups in total. The third kappa shape index (κ3) is 6.40. The van der Waals surface area contributed by atoms with E-state index in [1.807, 2.05) is 43.6 Å². The van der Waals surface area contributed by atoms with Crippen molar-refractivity contribution in [2.24, 2.45) is 7.05 Å². The van der Waals surface area contributed by atoms with Crippen molar-refractivity contribution < 1.29 is 23.1 Å². The number of alkyl halides is 3. The number of aromatic nitrogens is 1. The molecule has 7 nitrogen and oxygen atoms in total. The Morgan fingerprint density at radius 1 is 0.825 bits per heavy atom. The first kappa shape index (κ1) is 27.1. The van der Waals surface area contributed by atoms with Gasteiger partial charge in [0.2, 0.25) is 0 Å². The molecule has 0 unspecified atom stereocenters. The van der Waals surface area contributed by atoms with Gasteiger partial charge in [-0.2, -0.15) is 13.2 Å². The number of hydrogen-bond donors (Lipinski definition) is 4. The first-order chi connectivity index (χ1) is 19.2. The normalized spacial score (nSPS) is 14.2. The molecular formula is C30H30F3N5O2. The van der Waals surface area contributed by atoms with Gasteiger partial charge in [0.15, 0.2) is 0 Å². The van der Waals surface area contributed by atoms with E-state index in [2.05, 4.69) is 16.0 Å². The van der Waals surface area contributed by atoms with Gasteiger partial charge < -0.3 is 30.5 Å². The summed E-state index contributed by atoms with van der Waals surface area (Å²) in [4.78, 5) is 14.1. The third-order valence-corrected chi connectivity index (χ3v) is 6.89. The van der Waals surface area contributed by atoms with Gasteiger partial charge in [0.1, 0.15) is 5.69 Å². The van der Waals surface area contributed by atoms with Crippen molar-refractivity contribution >= 4 is 40.0 Å². The molecule has 0 aliphatic carbocycles. The number of carbonyl (C=O) groups is 1. The van der Waals surface area contributed by atoms with Gasteiger partial charge in [-0.05, 0) is 91.7 Å². The van der Waals surface area contributed by atoms with Crippen LogP contribution in [0.1, 0.15) is 28.9 Å². The van der Waals surface area contributed by atoms with E-state index in [1.165, 1.54) is 6.07 Å². The Morgan fingerprint density at radius 3 is 1.88 bits per heavy atom. The van der Waals surface area contributed by atoms with Gasteiger partial charge in [0, 0.05) is 60.5 Å². The highest BCUT2D eigenvalue weighted by Gasteiger charge is 2.36. The Morgan fingerprint density at radius 2 is 1.35 bits per heavy atom. The lowest BCUT2D eigenvalue weighted by molar-refractivity contribution is -0.137. The summed E-state index contributed by atoms with van der Waals surface area (Å²) in [5.41, 5.74) is 3.25. The van der Waals surface area contributed by atoms with Crippen molar-refractivity contribution in [3.63, 3.8) is 0 Å². The molecule has 0 atom stereocenters. The first-order valence-corrected chi connectivity index (χ1v) is 13.0. The van der Waals surface area contributed by atoms with Crippen molar-refractivity contribution in [1.29, 1.82) is 0 Å². The van der Waals surface area contributed by atoms with Gasteiger partial charge >= 0.3 is 6.18 Å². The van der Waals surface area contributed by atoms with Gasteiger partial charge in [0.25, 0.3) is 5.91 Å². The van der Waals surface area contributed by atoms with Crippen LogP contribution in [0, 0.1) is 0 Å². The predicted octanol–water partition coefficient (Wildman–Crippen LogP) is 6.74. The number of halogens is 3. The average molecular weight is 550 g/mol. The molecule has 1 aromatic heterocycles. The highest BCUT2D eigenvalue weighted by atomic mass is 19.4. The highest BCUT2D eigenvalue weighted by molar-refractivity contribution is 6.03. The van der Waals surface area contributed by atoms with Gasteiger partial charge in [-0.3, -0.25) is 4.79 Å². The molecule has 1 saturated heterocycles. The number of rotatable bonds is 7. The fourth-order valence-corrected chi connectivity index (χ4v) is 4.72. The average Bonchev–Trinajstić information content (AvgIpc) is 3.37. The van der Waals surface area contributed by atoms with Crippen molar-refractivity contribution in [3.8, 4) is 0 Å². The zero-order valence-corrected chi connectivity index (χ0v) is 21.9. The van der Waals surface area contributed by atoms with E-state index in [4.69, 9.17) is 0 Å². The summed E-state index contributed by atoms with van der Waals surface area (Å²) >= 11 is 0. The maximum atomic E-state index is 13.9. The second-order valence-electron chi connectivity index (χ2n) is 9.81. The molecule has 1 aliphatic rings. The van der Waals surface area contributed by atoms with Crippen LogP contribution in [-0.4, -0.2) is 34.8 Å². The van der Waals surface area contributed by atoms with Gasteiger partial charge in [-0.25, -0.2) is 0 Å². The van der Waals surface area contributed by atoms with Crippen molar-refractivity contribution in [1.82, 2.24) is 4.57 Å². The summed E-state index contributed by atoms with van der Waals surface area (Å²) < 4.78 is 43.4. The summed E-state index contributed by atoms with van der Waals surface area (Å²) in [7, 11) is 1.81. The number of anilines is 6. The minimum absolute atomic E-state index is 0.134. The van der Waals surface area contributed by atoms with Crippen LogP contribution in [0.25, 0.3) is 0 Å². The molecule has 3 aromatic carbocycles. The summed E-state index contributed by atoms with van der Waals surface area (Å²) in [5, 5.41) is 18.9. The topological polar surface area (TPSA) is 81.6 Å². The minimum Gasteiger partial charge on any atom is -0.393 e. The number of benzene rings is 3. The lowest BCUT2D eigenvalue weighted by Crippen LogP contribution is -2.36. The molecule has 0 radical (unpaired) electrons. The van der Waals surface area contributed by atoms with E-state index in [-0.39, 0.29) is 11.6 Å². The van der Waals surface area contributed by atoms with Gasteiger partial charge in [-0.1, -0.05) is 0 Å². The van der Waals surface area contributed by atoms with Crippen LogP contribution in [0.4, 0.5) is 47.3 Å². The van der Waals surface area contributed by atoms with Crippen LogP contribution in [0.3, 0.4) is 0 Å². The van der Waals surface area contributed by atoms with Crippen LogP contribution < -0.4 is 20.9 Å². The fraction of sp³-hybridized carbons (Fsp3) is 0.233. The largest absolute Gasteiger partial charge is 0.418 e. The molecule has 0 bridgehead atoms. The molecule has 4 aromatic rings. The molecule has 1 fully saturated rings. The Bertz CT molecular complexity index is 1460. The predicted molar refractivity (Wildman–Crippen MR) is 152 cm³/mol. The maximum absolute atomic E-state index is 13.9. The van der Waals surface area contributed by atoms with Crippen molar-refractivity contribution in [2.45, 2.75) is 25.1 Å². The van der Waals surface area contributed by atoms with Crippen LogP contribution in [-0.2, 0) is 13.2 Å². The van der Waals surface area contributed by atoms with Crippen LogP contribution in [0.2, 0.25) is 0 Å². The number of hydrogen-bond acceptors (Lipinski definition) is 5. The van der Waals surface area contributed by atoms with Crippen LogP contribution in [0.5, 0.6) is 0 Å². The Hall–Kier alpha value is -4.44. The molecule has 1 amide bonds. The molecule has 10 heteroatoms. The molecule has 208 valence electrons. The lowest BCUT2D eigenvalue weighted by atomic mass is 10.0. The zero-order valence-electron chi connectivity index (χ0n) is 21.9. The number of amides is 1. The van der Waals surface area contributed by atoms with E-state index in [0.29, 0.717) is 48.7 Å². The summed E-state index contributed by atoms with van der Waals surface area (Å²) in [5.74, 6) is -0.195. The molecule has 0 saturated carbocycles. The molecule has 5 rings (SSSR count). The van der Waals surface area contributed by atoms with Crippen LogP contribution in [0.15, 0.2) is 85.1 Å². The number of aryl methyl sites for hydroxylation is 1. The number of aliphatic hydroxyl groups is 1. The Kier molecular flexibility index (Phi) is 7.70.